The SMILES string of the molecule is Cc1ccccc1[C@]1(O)CCN(C)[C@@H]1C. The minimum Gasteiger partial charge on any atom is -0.383 e. The molecule has 1 aromatic rings. The molecule has 15 heavy (non-hydrogen) atoms. The molecule has 2 heteroatoms. The van der Waals surface area contributed by atoms with Gasteiger partial charge in [-0.25, -0.2) is 0 Å². The van der Waals surface area contributed by atoms with Crippen molar-refractivity contribution in [2.75, 3.05) is 13.6 Å². The van der Waals surface area contributed by atoms with Crippen molar-refractivity contribution in [3.8, 4) is 0 Å². The fraction of sp³-hybridized carbons (Fsp3) is 0.538. The number of likely N-dealkylation sites (tertiary alicyclic amines) is 1. The lowest BCUT2D eigenvalue weighted by Gasteiger charge is -2.31. The van der Waals surface area contributed by atoms with Crippen LogP contribution < -0.4 is 0 Å². The van der Waals surface area contributed by atoms with Gasteiger partial charge in [-0.2, -0.15) is 0 Å². The van der Waals surface area contributed by atoms with E-state index in [-0.39, 0.29) is 6.04 Å². The van der Waals surface area contributed by atoms with Crippen LogP contribution in [0.5, 0.6) is 0 Å². The number of hydrogen-bond donors (Lipinski definition) is 1. The van der Waals surface area contributed by atoms with Crippen LogP contribution in [0.15, 0.2) is 24.3 Å². The Morgan fingerprint density at radius 1 is 1.40 bits per heavy atom. The highest BCUT2D eigenvalue weighted by molar-refractivity contribution is 5.33. The van der Waals surface area contributed by atoms with Gasteiger partial charge in [-0.05, 0) is 38.4 Å². The first-order valence-corrected chi connectivity index (χ1v) is 5.54. The summed E-state index contributed by atoms with van der Waals surface area (Å²) in [5.74, 6) is 0. The summed E-state index contributed by atoms with van der Waals surface area (Å²) < 4.78 is 0. The van der Waals surface area contributed by atoms with E-state index in [0.717, 1.165) is 18.5 Å². The number of nitrogens with zero attached hydrogens (tertiary/aromatic N) is 1. The van der Waals surface area contributed by atoms with Gasteiger partial charge in [0.25, 0.3) is 0 Å². The van der Waals surface area contributed by atoms with Crippen molar-refractivity contribution in [3.05, 3.63) is 35.4 Å². The van der Waals surface area contributed by atoms with E-state index in [1.165, 1.54) is 5.56 Å². The molecule has 1 N–H and O–H groups in total. The lowest BCUT2D eigenvalue weighted by molar-refractivity contribution is 0.0103. The summed E-state index contributed by atoms with van der Waals surface area (Å²) in [6, 6.07) is 8.33. The largest absolute Gasteiger partial charge is 0.383 e. The third-order valence-corrected chi connectivity index (χ3v) is 3.81. The number of likely N-dealkylation sites (N-methyl/N-ethyl adjacent to an activating group) is 1. The number of rotatable bonds is 1. The second kappa shape index (κ2) is 3.62. The monoisotopic (exact) mass is 205 g/mol. The minimum atomic E-state index is -0.667. The molecule has 0 bridgehead atoms. The third kappa shape index (κ3) is 1.58. The van der Waals surface area contributed by atoms with Gasteiger partial charge in [-0.15, -0.1) is 0 Å². The Morgan fingerprint density at radius 3 is 2.60 bits per heavy atom. The molecule has 1 heterocycles. The summed E-state index contributed by atoms with van der Waals surface area (Å²) in [6.07, 6.45) is 0.829. The molecular weight excluding hydrogens is 186 g/mol. The Bertz CT molecular complexity index is 363. The van der Waals surface area contributed by atoms with Crippen LogP contribution >= 0.6 is 0 Å². The highest BCUT2D eigenvalue weighted by Gasteiger charge is 2.43. The standard InChI is InChI=1S/C13H19NO/c1-10-6-4-5-7-12(10)13(15)8-9-14(3)11(13)2/h4-7,11,15H,8-9H2,1-3H3/t11-,13+/m1/s1. The van der Waals surface area contributed by atoms with Crippen molar-refractivity contribution in [3.63, 3.8) is 0 Å². The lowest BCUT2D eigenvalue weighted by Crippen LogP contribution is -2.39. The zero-order chi connectivity index (χ0) is 11.1. The summed E-state index contributed by atoms with van der Waals surface area (Å²) in [6.45, 7) is 5.13. The molecule has 0 radical (unpaired) electrons. The van der Waals surface area contributed by atoms with Gasteiger partial charge in [-0.1, -0.05) is 24.3 Å². The average molecular weight is 205 g/mol. The van der Waals surface area contributed by atoms with E-state index in [9.17, 15) is 5.11 Å². The zero-order valence-corrected chi connectivity index (χ0v) is 9.70. The van der Waals surface area contributed by atoms with Crippen LogP contribution in [-0.2, 0) is 5.60 Å². The van der Waals surface area contributed by atoms with E-state index in [2.05, 4.69) is 31.9 Å². The molecule has 2 rings (SSSR count). The first-order chi connectivity index (χ1) is 7.05. The van der Waals surface area contributed by atoms with E-state index in [1.54, 1.807) is 0 Å². The molecule has 1 aliphatic heterocycles. The Labute approximate surface area is 91.5 Å². The van der Waals surface area contributed by atoms with Gasteiger partial charge in [0, 0.05) is 12.6 Å². The molecular formula is C13H19NO. The predicted octanol–water partition coefficient (Wildman–Crippen LogP) is 1.91. The second-order valence-corrected chi connectivity index (χ2v) is 4.65. The molecule has 2 atom stereocenters. The molecule has 0 saturated carbocycles. The van der Waals surface area contributed by atoms with Crippen LogP contribution in [0.2, 0.25) is 0 Å². The molecule has 1 aromatic carbocycles. The maximum atomic E-state index is 10.7. The maximum absolute atomic E-state index is 10.7. The van der Waals surface area contributed by atoms with Gasteiger partial charge in [0.15, 0.2) is 0 Å². The van der Waals surface area contributed by atoms with Gasteiger partial charge in [0.05, 0.1) is 0 Å². The predicted molar refractivity (Wildman–Crippen MR) is 61.8 cm³/mol. The van der Waals surface area contributed by atoms with Gasteiger partial charge >= 0.3 is 0 Å². The van der Waals surface area contributed by atoms with Crippen molar-refractivity contribution >= 4 is 0 Å². The van der Waals surface area contributed by atoms with Gasteiger partial charge in [0.1, 0.15) is 5.60 Å². The molecule has 0 spiro atoms. The first kappa shape index (κ1) is 10.7. The third-order valence-electron chi connectivity index (χ3n) is 3.81. The second-order valence-electron chi connectivity index (χ2n) is 4.65. The van der Waals surface area contributed by atoms with Gasteiger partial charge in [-0.3, -0.25) is 0 Å². The molecule has 1 saturated heterocycles. The zero-order valence-electron chi connectivity index (χ0n) is 9.70. The van der Waals surface area contributed by atoms with Crippen LogP contribution in [0, 0.1) is 6.92 Å². The summed E-state index contributed by atoms with van der Waals surface area (Å²) in [5, 5.41) is 10.7. The Morgan fingerprint density at radius 2 is 2.07 bits per heavy atom. The number of aliphatic hydroxyl groups is 1. The van der Waals surface area contributed by atoms with Crippen molar-refractivity contribution in [1.29, 1.82) is 0 Å². The van der Waals surface area contributed by atoms with E-state index < -0.39 is 5.60 Å². The molecule has 2 nitrogen and oxygen atoms in total. The van der Waals surface area contributed by atoms with Crippen LogP contribution in [0.4, 0.5) is 0 Å². The number of hydrogen-bond acceptors (Lipinski definition) is 2. The minimum absolute atomic E-state index is 0.193. The van der Waals surface area contributed by atoms with Crippen LogP contribution in [0.3, 0.4) is 0 Å². The molecule has 0 aliphatic carbocycles. The number of benzene rings is 1. The van der Waals surface area contributed by atoms with E-state index in [1.807, 2.05) is 18.2 Å². The molecule has 1 aliphatic rings. The summed E-state index contributed by atoms with van der Waals surface area (Å²) in [4.78, 5) is 2.21. The van der Waals surface area contributed by atoms with Crippen molar-refractivity contribution in [2.24, 2.45) is 0 Å². The highest BCUT2D eigenvalue weighted by Crippen LogP contribution is 2.38. The Balaban J connectivity index is 2.42. The topological polar surface area (TPSA) is 23.5 Å². The van der Waals surface area contributed by atoms with Crippen LogP contribution in [0.1, 0.15) is 24.5 Å². The molecule has 82 valence electrons. The van der Waals surface area contributed by atoms with Gasteiger partial charge in [0.2, 0.25) is 0 Å². The van der Waals surface area contributed by atoms with E-state index in [4.69, 9.17) is 0 Å². The van der Waals surface area contributed by atoms with Crippen molar-refractivity contribution in [1.82, 2.24) is 4.90 Å². The molecule has 0 unspecified atom stereocenters. The fourth-order valence-electron chi connectivity index (χ4n) is 2.53. The molecule has 0 amide bonds. The van der Waals surface area contributed by atoms with Crippen LogP contribution in [-0.4, -0.2) is 29.6 Å². The Kier molecular flexibility index (Phi) is 2.57. The highest BCUT2D eigenvalue weighted by atomic mass is 16.3. The van der Waals surface area contributed by atoms with E-state index in [0.29, 0.717) is 0 Å². The number of aryl methyl sites for hydroxylation is 1. The van der Waals surface area contributed by atoms with Crippen molar-refractivity contribution in [2.45, 2.75) is 31.9 Å². The smallest absolute Gasteiger partial charge is 0.106 e. The Hall–Kier alpha value is -0.860. The summed E-state index contributed by atoms with van der Waals surface area (Å²) >= 11 is 0. The molecule has 1 fully saturated rings. The maximum Gasteiger partial charge on any atom is 0.106 e. The molecule has 0 aromatic heterocycles. The van der Waals surface area contributed by atoms with E-state index >= 15 is 0 Å². The summed E-state index contributed by atoms with van der Waals surface area (Å²) in [5.41, 5.74) is 1.60. The first-order valence-electron chi connectivity index (χ1n) is 5.54. The normalized spacial score (nSPS) is 32.1. The quantitative estimate of drug-likeness (QED) is 0.757. The average Bonchev–Trinajstić information content (AvgIpc) is 2.48. The van der Waals surface area contributed by atoms with Crippen molar-refractivity contribution < 1.29 is 5.11 Å². The fourth-order valence-corrected chi connectivity index (χ4v) is 2.53. The van der Waals surface area contributed by atoms with Gasteiger partial charge < -0.3 is 10.0 Å². The summed E-state index contributed by atoms with van der Waals surface area (Å²) in [7, 11) is 2.07. The lowest BCUT2D eigenvalue weighted by atomic mass is 9.85. The van der Waals surface area contributed by atoms with Crippen LogP contribution in [0.25, 0.3) is 0 Å².